The van der Waals surface area contributed by atoms with Gasteiger partial charge >= 0.3 is 0 Å². The van der Waals surface area contributed by atoms with Gasteiger partial charge in [-0.1, -0.05) is 109 Å². The van der Waals surface area contributed by atoms with Crippen molar-refractivity contribution in [2.75, 3.05) is 0 Å². The van der Waals surface area contributed by atoms with Gasteiger partial charge in [0.2, 0.25) is 5.95 Å². The van der Waals surface area contributed by atoms with E-state index in [1.165, 1.54) is 16.5 Å². The molecule has 2 aliphatic carbocycles. The normalized spacial score (nSPS) is 14.0. The summed E-state index contributed by atoms with van der Waals surface area (Å²) in [7, 11) is 0. The molecule has 0 aliphatic heterocycles. The average molecular weight is 824 g/mol. The number of furan rings is 2. The van der Waals surface area contributed by atoms with Crippen molar-refractivity contribution in [3.8, 4) is 34.4 Å². The minimum Gasteiger partial charge on any atom is -0.460 e. The summed E-state index contributed by atoms with van der Waals surface area (Å²) < 4.78 is 17.3. The van der Waals surface area contributed by atoms with Crippen LogP contribution in [0.15, 0.2) is 179 Å². The fourth-order valence-corrected chi connectivity index (χ4v) is 10.3. The zero-order valence-corrected chi connectivity index (χ0v) is 34.6. The van der Waals surface area contributed by atoms with Crippen LogP contribution in [-0.4, -0.2) is 24.1 Å². The topological polar surface area (TPSA) is 74.8 Å². The number of nitrogens with zero attached hydrogens (tertiary/aromatic N) is 5. The maximum absolute atomic E-state index is 6.35. The van der Waals surface area contributed by atoms with Crippen molar-refractivity contribution in [2.45, 2.75) is 25.7 Å². The molecule has 0 fully saturated rings. The number of hydrogen-bond acceptors (Lipinski definition) is 5. The summed E-state index contributed by atoms with van der Waals surface area (Å²) >= 11 is 0. The molecule has 0 atom stereocenters. The number of aromatic nitrogens is 5. The molecular formula is C57H37N5O2. The Labute approximate surface area is 366 Å². The van der Waals surface area contributed by atoms with Crippen LogP contribution in [-0.2, 0) is 6.42 Å². The van der Waals surface area contributed by atoms with Gasteiger partial charge in [0.25, 0.3) is 0 Å². The van der Waals surface area contributed by atoms with Crippen LogP contribution in [0.25, 0.3) is 123 Å². The monoisotopic (exact) mass is 823 g/mol. The Kier molecular flexibility index (Phi) is 7.51. The van der Waals surface area contributed by atoms with Gasteiger partial charge in [-0.05, 0) is 97.1 Å². The van der Waals surface area contributed by atoms with Gasteiger partial charge in [-0.15, -0.1) is 0 Å². The van der Waals surface area contributed by atoms with E-state index in [1.54, 1.807) is 0 Å². The molecule has 7 nitrogen and oxygen atoms in total. The van der Waals surface area contributed by atoms with Crippen LogP contribution < -0.4 is 0 Å². The molecule has 0 amide bonds. The first-order chi connectivity index (χ1) is 31.7. The van der Waals surface area contributed by atoms with Gasteiger partial charge in [0.15, 0.2) is 11.6 Å². The summed E-state index contributed by atoms with van der Waals surface area (Å²) in [5.41, 5.74) is 13.2. The maximum Gasteiger partial charge on any atom is 0.238 e. The Morgan fingerprint density at radius 1 is 0.438 bits per heavy atom. The van der Waals surface area contributed by atoms with E-state index in [0.717, 1.165) is 125 Å². The van der Waals surface area contributed by atoms with E-state index in [0.29, 0.717) is 17.6 Å². The fraction of sp³-hybridized carbons (Fsp3) is 0.0702. The highest BCUT2D eigenvalue weighted by Gasteiger charge is 2.25. The van der Waals surface area contributed by atoms with Crippen LogP contribution in [0.3, 0.4) is 0 Å². The zero-order valence-electron chi connectivity index (χ0n) is 34.6. The predicted octanol–water partition coefficient (Wildman–Crippen LogP) is 14.7. The van der Waals surface area contributed by atoms with E-state index in [9.17, 15) is 0 Å². The van der Waals surface area contributed by atoms with E-state index in [-0.39, 0.29) is 0 Å². The van der Waals surface area contributed by atoms with Gasteiger partial charge < -0.3 is 13.4 Å². The molecule has 5 aromatic heterocycles. The lowest BCUT2D eigenvalue weighted by molar-refractivity contribution is 0.546. The Hall–Kier alpha value is -8.29. The molecule has 14 rings (SSSR count). The number of allylic oxidation sites excluding steroid dienone is 5. The quantitative estimate of drug-likeness (QED) is 0.173. The zero-order chi connectivity index (χ0) is 41.9. The summed E-state index contributed by atoms with van der Waals surface area (Å²) in [5.74, 6) is 2.71. The molecule has 0 saturated heterocycles. The van der Waals surface area contributed by atoms with E-state index in [4.69, 9.17) is 23.8 Å². The molecule has 2 aliphatic rings. The average Bonchev–Trinajstić information content (AvgIpc) is 4.11. The second kappa shape index (κ2) is 13.6. The maximum atomic E-state index is 6.35. The number of para-hydroxylation sites is 3. The van der Waals surface area contributed by atoms with E-state index in [1.807, 2.05) is 24.3 Å². The third-order valence-corrected chi connectivity index (χ3v) is 13.2. The third-order valence-electron chi connectivity index (χ3n) is 13.2. The highest BCUT2D eigenvalue weighted by Crippen LogP contribution is 2.43. The molecule has 7 heteroatoms. The van der Waals surface area contributed by atoms with Crippen molar-refractivity contribution in [3.63, 3.8) is 0 Å². The fourth-order valence-electron chi connectivity index (χ4n) is 10.3. The number of benzene rings is 7. The van der Waals surface area contributed by atoms with Gasteiger partial charge in [0, 0.05) is 66.5 Å². The van der Waals surface area contributed by atoms with Gasteiger partial charge in [0.05, 0.1) is 22.1 Å². The third kappa shape index (κ3) is 5.24. The highest BCUT2D eigenvalue weighted by molar-refractivity contribution is 6.23. The van der Waals surface area contributed by atoms with Crippen molar-refractivity contribution in [1.29, 1.82) is 0 Å². The molecule has 12 aromatic rings. The first-order valence-corrected chi connectivity index (χ1v) is 22.1. The van der Waals surface area contributed by atoms with E-state index >= 15 is 0 Å². The number of fused-ring (bicyclic) bond motifs is 13. The van der Waals surface area contributed by atoms with E-state index in [2.05, 4.69) is 161 Å². The minimum atomic E-state index is 0.535. The summed E-state index contributed by atoms with van der Waals surface area (Å²) in [6.07, 6.45) is 15.3. The van der Waals surface area contributed by atoms with Crippen LogP contribution >= 0.6 is 0 Å². The second-order valence-electron chi connectivity index (χ2n) is 16.9. The van der Waals surface area contributed by atoms with Crippen molar-refractivity contribution >= 4 is 88.2 Å². The SMILES string of the molecule is C1=CC(c2cccc(-n3c4ccccc4c4ccc5c6ccccc6n(-c6nc(-c7ccc8oc9c(c8c7)C=CCC9)nc(-c7ccc8oc9ccccc9c8c7)n6)c5c43)c2)=CCC1. The second-order valence-corrected chi connectivity index (χ2v) is 16.9. The van der Waals surface area contributed by atoms with Gasteiger partial charge in [-0.3, -0.25) is 4.57 Å². The lowest BCUT2D eigenvalue weighted by Gasteiger charge is -2.14. The Morgan fingerprint density at radius 2 is 1.09 bits per heavy atom. The molecular weight excluding hydrogens is 787 g/mol. The predicted molar refractivity (Wildman–Crippen MR) is 260 cm³/mol. The lowest BCUT2D eigenvalue weighted by atomic mass is 9.99. The van der Waals surface area contributed by atoms with Crippen LogP contribution in [0, 0.1) is 0 Å². The molecule has 5 heterocycles. The Bertz CT molecular complexity index is 4040. The standard InChI is InChI=1S/C57H37N5O2/c1-2-13-34(14-3-1)35-15-12-16-38(31-35)61-47-21-8-4-17-39(47)43-27-28-44-40-18-5-9-22-48(40)62(54(44)53(43)61)57-59-55(36-25-29-51-45(32-36)41-19-6-10-23-49(41)63-51)58-56(60-57)37-26-30-52-46(33-37)42-20-7-11-24-50(42)64-52/h2,4-10,12-23,25-33H,1,3,11,24H2. The van der Waals surface area contributed by atoms with Crippen molar-refractivity contribution in [2.24, 2.45) is 0 Å². The van der Waals surface area contributed by atoms with Crippen LogP contribution in [0.2, 0.25) is 0 Å². The molecule has 7 aromatic carbocycles. The number of rotatable bonds is 5. The van der Waals surface area contributed by atoms with Gasteiger partial charge in [0.1, 0.15) is 22.5 Å². The van der Waals surface area contributed by atoms with Crippen LogP contribution in [0.1, 0.15) is 36.1 Å². The molecule has 0 N–H and O–H groups in total. The number of aryl methyl sites for hydroxylation is 1. The van der Waals surface area contributed by atoms with Gasteiger partial charge in [-0.25, -0.2) is 4.98 Å². The van der Waals surface area contributed by atoms with Gasteiger partial charge in [-0.2, -0.15) is 9.97 Å². The molecule has 0 radical (unpaired) electrons. The summed E-state index contributed by atoms with van der Waals surface area (Å²) in [6.45, 7) is 0. The summed E-state index contributed by atoms with van der Waals surface area (Å²) in [6, 6.07) is 51.5. The molecule has 302 valence electrons. The molecule has 0 spiro atoms. The summed E-state index contributed by atoms with van der Waals surface area (Å²) in [4.78, 5) is 16.2. The van der Waals surface area contributed by atoms with E-state index < -0.39 is 0 Å². The molecule has 0 bridgehead atoms. The first kappa shape index (κ1) is 35.3. The smallest absolute Gasteiger partial charge is 0.238 e. The minimum absolute atomic E-state index is 0.535. The molecule has 0 saturated carbocycles. The largest absolute Gasteiger partial charge is 0.460 e. The number of hydrogen-bond donors (Lipinski definition) is 0. The Balaban J connectivity index is 1.08. The first-order valence-electron chi connectivity index (χ1n) is 22.1. The van der Waals surface area contributed by atoms with Crippen LogP contribution in [0.4, 0.5) is 0 Å². The highest BCUT2D eigenvalue weighted by atomic mass is 16.3. The van der Waals surface area contributed by atoms with Crippen molar-refractivity contribution < 1.29 is 8.83 Å². The Morgan fingerprint density at radius 3 is 1.86 bits per heavy atom. The molecule has 64 heavy (non-hydrogen) atoms. The molecule has 0 unspecified atom stereocenters. The van der Waals surface area contributed by atoms with Crippen molar-refractivity contribution in [3.05, 3.63) is 187 Å². The summed E-state index contributed by atoms with van der Waals surface area (Å²) in [5, 5.41) is 7.70. The van der Waals surface area contributed by atoms with Crippen LogP contribution in [0.5, 0.6) is 0 Å². The van der Waals surface area contributed by atoms with Crippen molar-refractivity contribution in [1.82, 2.24) is 24.1 Å². The lowest BCUT2D eigenvalue weighted by Crippen LogP contribution is -2.07.